The van der Waals surface area contributed by atoms with E-state index in [1.807, 2.05) is 20.8 Å². The van der Waals surface area contributed by atoms with Crippen LogP contribution in [0.5, 0.6) is 0 Å². The lowest BCUT2D eigenvalue weighted by Crippen LogP contribution is -2.58. The van der Waals surface area contributed by atoms with Gasteiger partial charge in [-0.05, 0) is 31.1 Å². The van der Waals surface area contributed by atoms with Crippen molar-refractivity contribution < 1.29 is 38.2 Å². The van der Waals surface area contributed by atoms with E-state index in [-0.39, 0.29) is 41.5 Å². The molecule has 0 aromatic carbocycles. The van der Waals surface area contributed by atoms with Crippen LogP contribution in [0.1, 0.15) is 72.1 Å². The highest BCUT2D eigenvalue weighted by molar-refractivity contribution is 8.21. The number of nitrogens with zero attached hydrogens (tertiary/aromatic N) is 1. The molecule has 14 heteroatoms. The summed E-state index contributed by atoms with van der Waals surface area (Å²) in [6, 6.07) is -2.87. The largest absolute Gasteiger partial charge is 0.460 e. The van der Waals surface area contributed by atoms with E-state index >= 15 is 0 Å². The molecule has 45 heavy (non-hydrogen) atoms. The third-order valence-electron chi connectivity index (χ3n) is 8.09. The van der Waals surface area contributed by atoms with Gasteiger partial charge in [-0.3, -0.25) is 24.0 Å². The number of hydrogen-bond donors (Lipinski definition) is 3. The molecule has 3 N–H and O–H groups in total. The zero-order valence-electron chi connectivity index (χ0n) is 26.6. The molecular weight excluding hydrogens is 620 g/mol. The van der Waals surface area contributed by atoms with Crippen molar-refractivity contribution in [1.29, 1.82) is 0 Å². The zero-order chi connectivity index (χ0) is 33.0. The summed E-state index contributed by atoms with van der Waals surface area (Å²) in [5.41, 5.74) is 0. The van der Waals surface area contributed by atoms with Crippen molar-refractivity contribution in [3.63, 3.8) is 0 Å². The van der Waals surface area contributed by atoms with Crippen molar-refractivity contribution in [2.45, 2.75) is 94.3 Å². The van der Waals surface area contributed by atoms with Gasteiger partial charge in [-0.1, -0.05) is 59.1 Å². The molecular formula is C31H48N4O8S2. The van der Waals surface area contributed by atoms with Crippen molar-refractivity contribution in [2.24, 2.45) is 11.8 Å². The Bertz CT molecular complexity index is 1090. The highest BCUT2D eigenvalue weighted by Gasteiger charge is 2.53. The lowest BCUT2D eigenvalue weighted by molar-refractivity contribution is -0.145. The molecule has 4 amide bonds. The lowest BCUT2D eigenvalue weighted by atomic mass is 9.83. The molecule has 2 saturated heterocycles. The van der Waals surface area contributed by atoms with Crippen LogP contribution in [-0.4, -0.2) is 100 Å². The summed E-state index contributed by atoms with van der Waals surface area (Å²) in [5, 5.41) is 7.84. The number of carbonyl (C=O) groups excluding carboxylic acids is 6. The predicted molar refractivity (Wildman–Crippen MR) is 173 cm³/mol. The lowest BCUT2D eigenvalue weighted by Gasteiger charge is -2.34. The number of nitrogens with one attached hydrogen (secondary N) is 3. The van der Waals surface area contributed by atoms with Gasteiger partial charge in [0.1, 0.15) is 25.2 Å². The summed E-state index contributed by atoms with van der Waals surface area (Å²) in [5.74, 6) is -1.65. The number of rotatable bonds is 15. The second kappa shape index (κ2) is 17.8. The van der Waals surface area contributed by atoms with Crippen LogP contribution < -0.4 is 16.0 Å². The first-order valence-electron chi connectivity index (χ1n) is 15.9. The average molecular weight is 669 g/mol. The number of likely N-dealkylation sites (tertiary alicyclic amines) is 1. The number of alkyl carbamates (subject to hydrolysis) is 1. The van der Waals surface area contributed by atoms with E-state index in [1.165, 1.54) is 6.08 Å². The molecule has 3 unspecified atom stereocenters. The maximum absolute atomic E-state index is 14.3. The Kier molecular flexibility index (Phi) is 14.5. The molecule has 3 fully saturated rings. The smallest absolute Gasteiger partial charge is 0.407 e. The summed E-state index contributed by atoms with van der Waals surface area (Å²) in [7, 11) is 0. The number of thioether (sulfide) groups is 2. The molecule has 3 atom stereocenters. The van der Waals surface area contributed by atoms with Gasteiger partial charge in [-0.2, -0.15) is 0 Å². The minimum atomic E-state index is -1.14. The molecule has 0 radical (unpaired) electrons. The van der Waals surface area contributed by atoms with Gasteiger partial charge < -0.3 is 30.3 Å². The number of esters is 1. The van der Waals surface area contributed by atoms with Gasteiger partial charge in [0.05, 0.1) is 16.7 Å². The first-order chi connectivity index (χ1) is 21.5. The normalized spacial score (nSPS) is 20.7. The summed E-state index contributed by atoms with van der Waals surface area (Å²) in [4.78, 5) is 80.0. The van der Waals surface area contributed by atoms with E-state index in [4.69, 9.17) is 9.47 Å². The molecule has 1 spiro atoms. The Labute approximate surface area is 274 Å². The highest BCUT2D eigenvalue weighted by Crippen LogP contribution is 2.52. The average Bonchev–Trinajstić information content (AvgIpc) is 3.66. The van der Waals surface area contributed by atoms with Gasteiger partial charge in [-0.15, -0.1) is 23.5 Å². The topological polar surface area (TPSA) is 160 Å². The van der Waals surface area contributed by atoms with E-state index < -0.39 is 54.3 Å². The van der Waals surface area contributed by atoms with Gasteiger partial charge in [-0.25, -0.2) is 4.79 Å². The molecule has 3 aliphatic rings. The number of hydrogen-bond acceptors (Lipinski definition) is 10. The van der Waals surface area contributed by atoms with E-state index in [1.54, 1.807) is 28.4 Å². The third-order valence-corrected chi connectivity index (χ3v) is 11.5. The quantitative estimate of drug-likeness (QED) is 0.135. The maximum Gasteiger partial charge on any atom is 0.407 e. The van der Waals surface area contributed by atoms with Crippen LogP contribution in [0.2, 0.25) is 0 Å². The number of ketones is 1. The summed E-state index contributed by atoms with van der Waals surface area (Å²) in [6.07, 6.45) is 6.33. The van der Waals surface area contributed by atoms with Crippen molar-refractivity contribution >= 4 is 59.1 Å². The van der Waals surface area contributed by atoms with Gasteiger partial charge in [0.15, 0.2) is 0 Å². The van der Waals surface area contributed by atoms with Crippen molar-refractivity contribution in [3.05, 3.63) is 12.7 Å². The second-order valence-electron chi connectivity index (χ2n) is 12.2. The van der Waals surface area contributed by atoms with E-state index in [2.05, 4.69) is 22.5 Å². The molecule has 3 rings (SSSR count). The minimum absolute atomic E-state index is 0.0257. The Morgan fingerprint density at radius 1 is 1.02 bits per heavy atom. The SMILES string of the molecule is C=CCOC(=O)CNC(=O)C(=O)C(CCC)NC(=O)C1CC2(CN1C(=O)C(NC(=O)OCC(C)C)C1CCCCC1)SCCS2. The van der Waals surface area contributed by atoms with Crippen molar-refractivity contribution in [2.75, 3.05) is 37.8 Å². The van der Waals surface area contributed by atoms with Gasteiger partial charge in [0.25, 0.3) is 5.91 Å². The Balaban J connectivity index is 1.78. The van der Waals surface area contributed by atoms with Crippen LogP contribution in [0.15, 0.2) is 12.7 Å². The fourth-order valence-electron chi connectivity index (χ4n) is 5.88. The van der Waals surface area contributed by atoms with Crippen LogP contribution in [0.4, 0.5) is 4.79 Å². The van der Waals surface area contributed by atoms with Gasteiger partial charge in [0, 0.05) is 24.5 Å². The number of ether oxygens (including phenoxy) is 2. The first-order valence-corrected chi connectivity index (χ1v) is 17.9. The number of amides is 4. The predicted octanol–water partition coefficient (Wildman–Crippen LogP) is 2.79. The molecule has 0 aromatic heterocycles. The number of carbonyl (C=O) groups is 6. The standard InChI is InChI=1S/C31H48N4O8S2/c1-5-10-22(26(37)28(39)32-17-24(36)42-13-6-2)33-27(38)23-16-31(44-14-15-45-31)19-35(23)29(40)25(21-11-8-7-9-12-21)34-30(41)43-18-20(3)4/h6,20-23,25H,2,5,7-19H2,1,3-4H3,(H,32,39)(H,33,38)(H,34,41). The summed E-state index contributed by atoms with van der Waals surface area (Å²) >= 11 is 3.44. The fraction of sp³-hybridized carbons (Fsp3) is 0.742. The van der Waals surface area contributed by atoms with Crippen LogP contribution in [-0.2, 0) is 33.4 Å². The molecule has 2 heterocycles. The van der Waals surface area contributed by atoms with E-state index in [9.17, 15) is 28.8 Å². The summed E-state index contributed by atoms with van der Waals surface area (Å²) in [6.45, 7) is 9.15. The molecule has 0 bridgehead atoms. The van der Waals surface area contributed by atoms with E-state index in [0.717, 1.165) is 43.6 Å². The summed E-state index contributed by atoms with van der Waals surface area (Å²) < 4.78 is 9.82. The van der Waals surface area contributed by atoms with Crippen LogP contribution in [0.25, 0.3) is 0 Å². The highest BCUT2D eigenvalue weighted by atomic mass is 32.2. The van der Waals surface area contributed by atoms with Crippen LogP contribution in [0, 0.1) is 11.8 Å². The van der Waals surface area contributed by atoms with Crippen molar-refractivity contribution in [3.8, 4) is 0 Å². The number of Topliss-reactive ketones (excluding diaryl/α,β-unsaturated/α-hetero) is 1. The second-order valence-corrected chi connectivity index (χ2v) is 15.4. The maximum atomic E-state index is 14.3. The van der Waals surface area contributed by atoms with Gasteiger partial charge in [0.2, 0.25) is 17.6 Å². The van der Waals surface area contributed by atoms with Crippen LogP contribution in [0.3, 0.4) is 0 Å². The Morgan fingerprint density at radius 3 is 2.33 bits per heavy atom. The van der Waals surface area contributed by atoms with Crippen LogP contribution >= 0.6 is 23.5 Å². The Hall–Kier alpha value is -2.74. The van der Waals surface area contributed by atoms with Gasteiger partial charge >= 0.3 is 12.1 Å². The van der Waals surface area contributed by atoms with E-state index in [0.29, 0.717) is 19.4 Å². The minimum Gasteiger partial charge on any atom is -0.460 e. The van der Waals surface area contributed by atoms with Crippen molar-refractivity contribution in [1.82, 2.24) is 20.9 Å². The molecule has 252 valence electrons. The molecule has 0 aromatic rings. The molecule has 12 nitrogen and oxygen atoms in total. The Morgan fingerprint density at radius 2 is 1.71 bits per heavy atom. The molecule has 2 aliphatic heterocycles. The zero-order valence-corrected chi connectivity index (χ0v) is 28.2. The third kappa shape index (κ3) is 10.7. The first kappa shape index (κ1) is 36.7. The fourth-order valence-corrected chi connectivity index (χ4v) is 9.13. The monoisotopic (exact) mass is 668 g/mol. The molecule has 1 saturated carbocycles. The molecule has 1 aliphatic carbocycles.